The molecule has 0 bridgehead atoms. The van der Waals surface area contributed by atoms with E-state index in [0.717, 1.165) is 19.3 Å². The maximum Gasteiger partial charge on any atom is 0.229 e. The van der Waals surface area contributed by atoms with Crippen molar-refractivity contribution in [2.24, 2.45) is 5.92 Å². The number of carbonyl (C=O) groups is 2. The molecule has 0 saturated carbocycles. The summed E-state index contributed by atoms with van der Waals surface area (Å²) in [4.78, 5) is 22.4. The normalized spacial score (nSPS) is 20.9. The minimum absolute atomic E-state index is 0.0511. The first-order valence-corrected chi connectivity index (χ1v) is 6.57. The number of rotatable bonds is 7. The third-order valence-corrected chi connectivity index (χ3v) is 3.26. The number of piperidine rings is 1. The van der Waals surface area contributed by atoms with Gasteiger partial charge in [-0.15, -0.1) is 0 Å². The standard InChI is InChI=1S/C13H23NO2/c1-2-3-4-5-6-7-8-11-9-10-12(15)14-13(11)16/h11H,2-10H2,1H3,(H,14,15,16)/t11-/m1/s1. The van der Waals surface area contributed by atoms with Crippen molar-refractivity contribution in [3.05, 3.63) is 0 Å². The summed E-state index contributed by atoms with van der Waals surface area (Å²) in [6.45, 7) is 2.21. The molecule has 1 fully saturated rings. The molecule has 0 aromatic rings. The third-order valence-electron chi connectivity index (χ3n) is 3.26. The Hall–Kier alpha value is -0.860. The molecule has 0 aromatic carbocycles. The highest BCUT2D eigenvalue weighted by Crippen LogP contribution is 2.19. The molecule has 16 heavy (non-hydrogen) atoms. The van der Waals surface area contributed by atoms with E-state index in [9.17, 15) is 9.59 Å². The number of hydrogen-bond acceptors (Lipinski definition) is 2. The fourth-order valence-corrected chi connectivity index (χ4v) is 2.18. The van der Waals surface area contributed by atoms with E-state index in [1.807, 2.05) is 0 Å². The van der Waals surface area contributed by atoms with Crippen LogP contribution in [0.25, 0.3) is 0 Å². The number of imide groups is 1. The number of unbranched alkanes of at least 4 members (excludes halogenated alkanes) is 5. The summed E-state index contributed by atoms with van der Waals surface area (Å²) in [5.74, 6) is -0.0714. The number of hydrogen-bond donors (Lipinski definition) is 1. The average Bonchev–Trinajstić information content (AvgIpc) is 2.26. The second kappa shape index (κ2) is 7.42. The van der Waals surface area contributed by atoms with Gasteiger partial charge in [0.2, 0.25) is 11.8 Å². The van der Waals surface area contributed by atoms with Crippen LogP contribution in [-0.4, -0.2) is 11.8 Å². The van der Waals surface area contributed by atoms with Crippen LogP contribution in [-0.2, 0) is 9.59 Å². The van der Waals surface area contributed by atoms with Gasteiger partial charge in [0, 0.05) is 12.3 Å². The Morgan fingerprint density at radius 3 is 2.50 bits per heavy atom. The predicted octanol–water partition coefficient (Wildman–Crippen LogP) is 2.79. The SMILES string of the molecule is CCCCCCCC[C@@H]1CCC(=O)NC1=O. The molecule has 0 spiro atoms. The van der Waals surface area contributed by atoms with E-state index >= 15 is 0 Å². The van der Waals surface area contributed by atoms with Crippen molar-refractivity contribution in [1.82, 2.24) is 5.32 Å². The lowest BCUT2D eigenvalue weighted by atomic mass is 9.92. The summed E-state index contributed by atoms with van der Waals surface area (Å²) in [5.41, 5.74) is 0. The second-order valence-electron chi connectivity index (χ2n) is 4.70. The van der Waals surface area contributed by atoms with E-state index in [0.29, 0.717) is 6.42 Å². The lowest BCUT2D eigenvalue weighted by Gasteiger charge is -2.20. The first kappa shape index (κ1) is 13.2. The molecule has 3 nitrogen and oxygen atoms in total. The van der Waals surface area contributed by atoms with Crippen LogP contribution < -0.4 is 5.32 Å². The monoisotopic (exact) mass is 225 g/mol. The van der Waals surface area contributed by atoms with Gasteiger partial charge in [0.15, 0.2) is 0 Å². The Morgan fingerprint density at radius 1 is 1.12 bits per heavy atom. The Kier molecular flexibility index (Phi) is 6.12. The first-order valence-electron chi connectivity index (χ1n) is 6.57. The zero-order valence-electron chi connectivity index (χ0n) is 10.3. The predicted molar refractivity (Wildman–Crippen MR) is 63.9 cm³/mol. The van der Waals surface area contributed by atoms with Crippen molar-refractivity contribution < 1.29 is 9.59 Å². The van der Waals surface area contributed by atoms with Crippen LogP contribution in [0, 0.1) is 5.92 Å². The summed E-state index contributed by atoms with van der Waals surface area (Å²) in [6, 6.07) is 0. The van der Waals surface area contributed by atoms with E-state index < -0.39 is 0 Å². The van der Waals surface area contributed by atoms with Gasteiger partial charge in [-0.2, -0.15) is 0 Å². The zero-order valence-corrected chi connectivity index (χ0v) is 10.3. The third kappa shape index (κ3) is 4.77. The van der Waals surface area contributed by atoms with Crippen LogP contribution >= 0.6 is 0 Å². The summed E-state index contributed by atoms with van der Waals surface area (Å²) in [5, 5.41) is 2.41. The van der Waals surface area contributed by atoms with Crippen molar-refractivity contribution >= 4 is 11.8 Å². The Bertz CT molecular complexity index is 238. The molecule has 1 saturated heterocycles. The molecule has 0 aromatic heterocycles. The molecule has 1 aliphatic heterocycles. The molecule has 1 rings (SSSR count). The second-order valence-corrected chi connectivity index (χ2v) is 4.70. The molecule has 3 heteroatoms. The fourth-order valence-electron chi connectivity index (χ4n) is 2.18. The van der Waals surface area contributed by atoms with Gasteiger partial charge >= 0.3 is 0 Å². The van der Waals surface area contributed by atoms with E-state index in [2.05, 4.69) is 12.2 Å². The summed E-state index contributed by atoms with van der Waals surface area (Å²) in [6.07, 6.45) is 9.74. The van der Waals surface area contributed by atoms with Crippen molar-refractivity contribution in [2.45, 2.75) is 64.7 Å². The lowest BCUT2D eigenvalue weighted by molar-refractivity contribution is -0.136. The fraction of sp³-hybridized carbons (Fsp3) is 0.846. The summed E-state index contributed by atoms with van der Waals surface area (Å²) < 4.78 is 0. The van der Waals surface area contributed by atoms with Gasteiger partial charge in [-0.3, -0.25) is 14.9 Å². The largest absolute Gasteiger partial charge is 0.296 e. The van der Waals surface area contributed by atoms with Crippen LogP contribution in [0.4, 0.5) is 0 Å². The highest BCUT2D eigenvalue weighted by molar-refractivity contribution is 5.98. The van der Waals surface area contributed by atoms with Gasteiger partial charge in [-0.05, 0) is 12.8 Å². The quantitative estimate of drug-likeness (QED) is 0.535. The van der Waals surface area contributed by atoms with Crippen LogP contribution in [0.3, 0.4) is 0 Å². The molecule has 2 amide bonds. The summed E-state index contributed by atoms with van der Waals surface area (Å²) >= 11 is 0. The summed E-state index contributed by atoms with van der Waals surface area (Å²) in [7, 11) is 0. The van der Waals surface area contributed by atoms with Crippen LogP contribution in [0.15, 0.2) is 0 Å². The highest BCUT2D eigenvalue weighted by Gasteiger charge is 2.25. The van der Waals surface area contributed by atoms with Gasteiger partial charge in [0.1, 0.15) is 0 Å². The molecule has 0 aliphatic carbocycles. The molecule has 0 radical (unpaired) electrons. The minimum atomic E-state index is -0.107. The first-order chi connectivity index (χ1) is 7.74. The number of carbonyl (C=O) groups excluding carboxylic acids is 2. The van der Waals surface area contributed by atoms with E-state index in [1.54, 1.807) is 0 Å². The molecule has 1 heterocycles. The van der Waals surface area contributed by atoms with E-state index in [-0.39, 0.29) is 17.7 Å². The Morgan fingerprint density at radius 2 is 1.81 bits per heavy atom. The Labute approximate surface area is 98.0 Å². The van der Waals surface area contributed by atoms with Gasteiger partial charge in [0.05, 0.1) is 0 Å². The number of amides is 2. The van der Waals surface area contributed by atoms with Crippen molar-refractivity contribution in [1.29, 1.82) is 0 Å². The average molecular weight is 225 g/mol. The molecular weight excluding hydrogens is 202 g/mol. The van der Waals surface area contributed by atoms with Crippen molar-refractivity contribution in [2.75, 3.05) is 0 Å². The van der Waals surface area contributed by atoms with E-state index in [1.165, 1.54) is 32.1 Å². The van der Waals surface area contributed by atoms with Crippen molar-refractivity contribution in [3.63, 3.8) is 0 Å². The lowest BCUT2D eigenvalue weighted by Crippen LogP contribution is -2.40. The molecule has 1 atom stereocenters. The van der Waals surface area contributed by atoms with Crippen LogP contribution in [0.5, 0.6) is 0 Å². The molecule has 92 valence electrons. The topological polar surface area (TPSA) is 46.2 Å². The molecular formula is C13H23NO2. The van der Waals surface area contributed by atoms with Gasteiger partial charge in [-0.25, -0.2) is 0 Å². The molecule has 1 aliphatic rings. The van der Waals surface area contributed by atoms with E-state index in [4.69, 9.17) is 0 Å². The molecule has 1 N–H and O–H groups in total. The Balaban J connectivity index is 2.04. The highest BCUT2D eigenvalue weighted by atomic mass is 16.2. The minimum Gasteiger partial charge on any atom is -0.296 e. The van der Waals surface area contributed by atoms with Gasteiger partial charge in [0.25, 0.3) is 0 Å². The number of nitrogens with one attached hydrogen (secondary N) is 1. The zero-order chi connectivity index (χ0) is 11.8. The molecule has 0 unspecified atom stereocenters. The van der Waals surface area contributed by atoms with Gasteiger partial charge in [-0.1, -0.05) is 45.4 Å². The maximum absolute atomic E-state index is 11.4. The smallest absolute Gasteiger partial charge is 0.229 e. The van der Waals surface area contributed by atoms with Crippen LogP contribution in [0.2, 0.25) is 0 Å². The van der Waals surface area contributed by atoms with Crippen molar-refractivity contribution in [3.8, 4) is 0 Å². The van der Waals surface area contributed by atoms with Gasteiger partial charge < -0.3 is 0 Å². The van der Waals surface area contributed by atoms with Crippen LogP contribution in [0.1, 0.15) is 64.7 Å². The maximum atomic E-state index is 11.4.